The zero-order valence-corrected chi connectivity index (χ0v) is 14.9. The fourth-order valence-electron chi connectivity index (χ4n) is 2.32. The van der Waals surface area contributed by atoms with Gasteiger partial charge >= 0.3 is 0 Å². The minimum Gasteiger partial charge on any atom is -0.478 e. The SMILES string of the molecule is CC[C@H](C)NC(=O)[C@H]1CCN(S(C)(=O)=O)c2cc(Cl)ccc2O1. The molecule has 23 heavy (non-hydrogen) atoms. The third-order valence-electron chi connectivity index (χ3n) is 3.75. The van der Waals surface area contributed by atoms with E-state index in [0.717, 1.165) is 12.7 Å². The number of rotatable bonds is 4. The first kappa shape index (κ1) is 17.9. The molecule has 1 aromatic carbocycles. The Morgan fingerprint density at radius 1 is 1.52 bits per heavy atom. The van der Waals surface area contributed by atoms with Gasteiger partial charge in [-0.25, -0.2) is 8.42 Å². The predicted molar refractivity (Wildman–Crippen MR) is 90.6 cm³/mol. The molecule has 1 aliphatic heterocycles. The molecule has 6 nitrogen and oxygen atoms in total. The number of sulfonamides is 1. The molecule has 0 saturated heterocycles. The predicted octanol–water partition coefficient (Wildman–Crippen LogP) is 2.17. The summed E-state index contributed by atoms with van der Waals surface area (Å²) in [6.45, 7) is 4.04. The first-order chi connectivity index (χ1) is 10.7. The summed E-state index contributed by atoms with van der Waals surface area (Å²) in [5, 5.41) is 3.27. The van der Waals surface area contributed by atoms with Crippen LogP contribution in [-0.4, -0.2) is 39.3 Å². The van der Waals surface area contributed by atoms with E-state index in [1.807, 2.05) is 13.8 Å². The second-order valence-corrected chi connectivity index (χ2v) is 8.00. The Morgan fingerprint density at radius 3 is 2.83 bits per heavy atom. The van der Waals surface area contributed by atoms with Crippen molar-refractivity contribution in [3.05, 3.63) is 23.2 Å². The van der Waals surface area contributed by atoms with E-state index >= 15 is 0 Å². The van der Waals surface area contributed by atoms with Gasteiger partial charge in [-0.2, -0.15) is 0 Å². The van der Waals surface area contributed by atoms with Crippen LogP contribution in [0.4, 0.5) is 5.69 Å². The highest BCUT2D eigenvalue weighted by Crippen LogP contribution is 2.36. The molecule has 1 N–H and O–H groups in total. The third-order valence-corrected chi connectivity index (χ3v) is 5.16. The van der Waals surface area contributed by atoms with Gasteiger partial charge in [0.2, 0.25) is 10.0 Å². The van der Waals surface area contributed by atoms with Gasteiger partial charge in [-0.05, 0) is 31.5 Å². The van der Waals surface area contributed by atoms with Crippen LogP contribution in [-0.2, 0) is 14.8 Å². The number of carbonyl (C=O) groups is 1. The van der Waals surface area contributed by atoms with Crippen molar-refractivity contribution < 1.29 is 17.9 Å². The number of hydrogen-bond donors (Lipinski definition) is 1. The van der Waals surface area contributed by atoms with Crippen molar-refractivity contribution in [1.82, 2.24) is 5.32 Å². The van der Waals surface area contributed by atoms with Crippen LogP contribution in [0.5, 0.6) is 5.75 Å². The number of hydrogen-bond acceptors (Lipinski definition) is 4. The Morgan fingerprint density at radius 2 is 2.22 bits per heavy atom. The maximum atomic E-state index is 12.3. The maximum Gasteiger partial charge on any atom is 0.261 e. The second-order valence-electron chi connectivity index (χ2n) is 5.66. The van der Waals surface area contributed by atoms with Crippen LogP contribution >= 0.6 is 11.6 Å². The van der Waals surface area contributed by atoms with Gasteiger partial charge in [0.15, 0.2) is 6.10 Å². The minimum absolute atomic E-state index is 0.0325. The lowest BCUT2D eigenvalue weighted by Gasteiger charge is -2.21. The van der Waals surface area contributed by atoms with E-state index in [9.17, 15) is 13.2 Å². The standard InChI is InChI=1S/C15H21ClN2O4S/c1-4-10(2)17-15(19)14-7-8-18(23(3,20)21)12-9-11(16)5-6-13(12)22-14/h5-6,9-10,14H,4,7-8H2,1-3H3,(H,17,19)/t10-,14+/m0/s1. The van der Waals surface area contributed by atoms with Crippen molar-refractivity contribution in [2.45, 2.75) is 38.8 Å². The van der Waals surface area contributed by atoms with Crippen LogP contribution in [0.25, 0.3) is 0 Å². The Kier molecular flexibility index (Phi) is 5.41. The molecule has 0 bridgehead atoms. The molecule has 2 atom stereocenters. The topological polar surface area (TPSA) is 75.7 Å². The molecule has 0 aromatic heterocycles. The van der Waals surface area contributed by atoms with E-state index in [-0.39, 0.29) is 24.9 Å². The van der Waals surface area contributed by atoms with Crippen LogP contribution in [0.3, 0.4) is 0 Å². The molecule has 0 aliphatic carbocycles. The molecule has 0 unspecified atom stereocenters. The van der Waals surface area contributed by atoms with Crippen LogP contribution in [0.15, 0.2) is 18.2 Å². The molecule has 128 valence electrons. The lowest BCUT2D eigenvalue weighted by molar-refractivity contribution is -0.128. The number of ether oxygens (including phenoxy) is 1. The van der Waals surface area contributed by atoms with E-state index in [1.165, 1.54) is 10.4 Å². The molecule has 0 fully saturated rings. The Hall–Kier alpha value is -1.47. The molecule has 1 heterocycles. The Labute approximate surface area is 141 Å². The number of nitrogens with zero attached hydrogens (tertiary/aromatic N) is 1. The third kappa shape index (κ3) is 4.29. The molecule has 1 aliphatic rings. The molecule has 0 spiro atoms. The van der Waals surface area contributed by atoms with Crippen molar-refractivity contribution in [2.24, 2.45) is 0 Å². The highest BCUT2D eigenvalue weighted by atomic mass is 35.5. The highest BCUT2D eigenvalue weighted by Gasteiger charge is 2.31. The molecule has 0 radical (unpaired) electrons. The zero-order chi connectivity index (χ0) is 17.2. The summed E-state index contributed by atoms with van der Waals surface area (Å²) in [7, 11) is -3.49. The van der Waals surface area contributed by atoms with Crippen molar-refractivity contribution in [3.8, 4) is 5.75 Å². The van der Waals surface area contributed by atoms with Crippen LogP contribution in [0.1, 0.15) is 26.7 Å². The number of nitrogens with one attached hydrogen (secondary N) is 1. The van der Waals surface area contributed by atoms with E-state index in [1.54, 1.807) is 12.1 Å². The fraction of sp³-hybridized carbons (Fsp3) is 0.533. The molecule has 8 heteroatoms. The summed E-state index contributed by atoms with van der Waals surface area (Å²) in [5.74, 6) is 0.0947. The van der Waals surface area contributed by atoms with Crippen molar-refractivity contribution in [1.29, 1.82) is 0 Å². The highest BCUT2D eigenvalue weighted by molar-refractivity contribution is 7.92. The number of carbonyl (C=O) groups excluding carboxylic acids is 1. The van der Waals surface area contributed by atoms with Crippen molar-refractivity contribution >= 4 is 33.2 Å². The zero-order valence-electron chi connectivity index (χ0n) is 13.4. The van der Waals surface area contributed by atoms with Crippen LogP contribution in [0, 0.1) is 0 Å². The summed E-state index contributed by atoms with van der Waals surface area (Å²) >= 11 is 5.98. The smallest absolute Gasteiger partial charge is 0.261 e. The van der Waals surface area contributed by atoms with Crippen molar-refractivity contribution in [2.75, 3.05) is 17.1 Å². The number of anilines is 1. The van der Waals surface area contributed by atoms with Gasteiger partial charge in [-0.1, -0.05) is 18.5 Å². The van der Waals surface area contributed by atoms with Gasteiger partial charge in [-0.3, -0.25) is 9.10 Å². The lowest BCUT2D eigenvalue weighted by atomic mass is 10.2. The van der Waals surface area contributed by atoms with E-state index in [2.05, 4.69) is 5.32 Å². The van der Waals surface area contributed by atoms with Gasteiger partial charge in [-0.15, -0.1) is 0 Å². The number of fused-ring (bicyclic) bond motifs is 1. The molecule has 2 rings (SSSR count). The summed E-state index contributed by atoms with van der Waals surface area (Å²) < 4.78 is 31.1. The Bertz CT molecular complexity index is 693. The van der Waals surface area contributed by atoms with Crippen LogP contribution in [0.2, 0.25) is 5.02 Å². The van der Waals surface area contributed by atoms with E-state index < -0.39 is 16.1 Å². The number of amides is 1. The molecular formula is C15H21ClN2O4S. The fourth-order valence-corrected chi connectivity index (χ4v) is 3.42. The monoisotopic (exact) mass is 360 g/mol. The van der Waals surface area contributed by atoms with E-state index in [0.29, 0.717) is 16.5 Å². The summed E-state index contributed by atoms with van der Waals surface area (Å²) in [6, 6.07) is 4.76. The maximum absolute atomic E-state index is 12.3. The van der Waals surface area contributed by atoms with Gasteiger partial charge in [0, 0.05) is 24.0 Å². The number of benzene rings is 1. The average Bonchev–Trinajstić information content (AvgIpc) is 2.65. The largest absolute Gasteiger partial charge is 0.478 e. The normalized spacial score (nSPS) is 19.3. The summed E-state index contributed by atoms with van der Waals surface area (Å²) in [5.41, 5.74) is 0.360. The van der Waals surface area contributed by atoms with Gasteiger partial charge < -0.3 is 10.1 Å². The summed E-state index contributed by atoms with van der Waals surface area (Å²) in [6.07, 6.45) is 1.45. The molecule has 1 amide bonds. The second kappa shape index (κ2) is 6.97. The Balaban J connectivity index is 2.33. The van der Waals surface area contributed by atoms with Crippen LogP contribution < -0.4 is 14.4 Å². The van der Waals surface area contributed by atoms with E-state index in [4.69, 9.17) is 16.3 Å². The molecule has 0 saturated carbocycles. The quantitative estimate of drug-likeness (QED) is 0.892. The molecular weight excluding hydrogens is 340 g/mol. The average molecular weight is 361 g/mol. The number of halogens is 1. The first-order valence-electron chi connectivity index (χ1n) is 7.46. The molecule has 1 aromatic rings. The first-order valence-corrected chi connectivity index (χ1v) is 9.69. The van der Waals surface area contributed by atoms with Crippen molar-refractivity contribution in [3.63, 3.8) is 0 Å². The minimum atomic E-state index is -3.49. The van der Waals surface area contributed by atoms with Gasteiger partial charge in [0.1, 0.15) is 5.75 Å². The summed E-state index contributed by atoms with van der Waals surface area (Å²) in [4.78, 5) is 12.3. The van der Waals surface area contributed by atoms with Gasteiger partial charge in [0.25, 0.3) is 5.91 Å². The lowest BCUT2D eigenvalue weighted by Crippen LogP contribution is -2.43. The van der Waals surface area contributed by atoms with Gasteiger partial charge in [0.05, 0.1) is 11.9 Å².